The minimum atomic E-state index is -0.582. The summed E-state index contributed by atoms with van der Waals surface area (Å²) in [6.45, 7) is 5.72. The van der Waals surface area contributed by atoms with Gasteiger partial charge in [0.25, 0.3) is 0 Å². The van der Waals surface area contributed by atoms with Crippen molar-refractivity contribution in [2.24, 2.45) is 0 Å². The number of thiophene rings is 1. The summed E-state index contributed by atoms with van der Waals surface area (Å²) in [5, 5.41) is 6.66. The molecule has 1 aromatic heterocycles. The van der Waals surface area contributed by atoms with Crippen LogP contribution in [0.4, 0.5) is 10.7 Å². The number of nitrogens with one attached hydrogen (secondary N) is 2. The van der Waals surface area contributed by atoms with Crippen molar-refractivity contribution in [3.05, 3.63) is 71.3 Å². The van der Waals surface area contributed by atoms with E-state index in [0.717, 1.165) is 10.4 Å². The second kappa shape index (κ2) is 12.8. The Labute approximate surface area is 218 Å². The summed E-state index contributed by atoms with van der Waals surface area (Å²) in [7, 11) is 0. The number of carbonyl (C=O) groups is 3. The molecule has 1 heterocycles. The van der Waals surface area contributed by atoms with Crippen LogP contribution < -0.4 is 10.6 Å². The number of esters is 3. The lowest BCUT2D eigenvalue weighted by Crippen LogP contribution is -2.21. The highest BCUT2D eigenvalue weighted by molar-refractivity contribution is 7.80. The van der Waals surface area contributed by atoms with Crippen molar-refractivity contribution in [3.8, 4) is 10.4 Å². The molecule has 8 nitrogen and oxygen atoms in total. The van der Waals surface area contributed by atoms with E-state index in [1.54, 1.807) is 26.8 Å². The van der Waals surface area contributed by atoms with Gasteiger partial charge in [-0.3, -0.25) is 0 Å². The maximum atomic E-state index is 12.6. The van der Waals surface area contributed by atoms with E-state index in [4.69, 9.17) is 26.4 Å². The molecule has 0 atom stereocenters. The smallest absolute Gasteiger partial charge is 0.341 e. The van der Waals surface area contributed by atoms with Gasteiger partial charge >= 0.3 is 17.9 Å². The summed E-state index contributed by atoms with van der Waals surface area (Å²) < 4.78 is 15.4. The van der Waals surface area contributed by atoms with Crippen LogP contribution in [-0.2, 0) is 14.2 Å². The Bertz CT molecular complexity index is 1220. The molecular weight excluding hydrogens is 500 g/mol. The molecule has 0 fully saturated rings. The maximum Gasteiger partial charge on any atom is 0.341 e. The first-order valence-corrected chi connectivity index (χ1v) is 12.5. The van der Waals surface area contributed by atoms with E-state index >= 15 is 0 Å². The van der Waals surface area contributed by atoms with Gasteiger partial charge in [0, 0.05) is 10.6 Å². The molecule has 0 aliphatic rings. The van der Waals surface area contributed by atoms with Crippen molar-refractivity contribution in [1.29, 1.82) is 0 Å². The molecule has 0 bridgehead atoms. The second-order valence-electron chi connectivity index (χ2n) is 7.26. The standard InChI is InChI=1S/C26H26N2O6S2/c1-4-32-23(29)17-12-18(24(30)33-5-2)14-19(13-17)27-26(35)28-22-20(25(31)34-6-3)15-21(36-22)16-10-8-7-9-11-16/h7-15H,4-6H2,1-3H3,(H2,27,28,35). The van der Waals surface area contributed by atoms with Gasteiger partial charge in [-0.25, -0.2) is 14.4 Å². The summed E-state index contributed by atoms with van der Waals surface area (Å²) in [6, 6.07) is 15.8. The predicted molar refractivity (Wildman–Crippen MR) is 144 cm³/mol. The fourth-order valence-corrected chi connectivity index (χ4v) is 4.56. The lowest BCUT2D eigenvalue weighted by Gasteiger charge is -2.13. The van der Waals surface area contributed by atoms with Crippen LogP contribution in [0.2, 0.25) is 0 Å². The number of hydrogen-bond acceptors (Lipinski definition) is 8. The first-order chi connectivity index (χ1) is 17.4. The number of benzene rings is 2. The lowest BCUT2D eigenvalue weighted by molar-refractivity contribution is 0.0513. The van der Waals surface area contributed by atoms with Crippen molar-refractivity contribution < 1.29 is 28.6 Å². The molecule has 0 amide bonds. The summed E-state index contributed by atoms with van der Waals surface area (Å²) in [4.78, 5) is 38.1. The molecule has 0 saturated heterocycles. The van der Waals surface area contributed by atoms with E-state index < -0.39 is 17.9 Å². The molecule has 3 aromatic rings. The molecule has 188 valence electrons. The zero-order valence-electron chi connectivity index (χ0n) is 20.1. The zero-order valence-corrected chi connectivity index (χ0v) is 21.7. The number of ether oxygens (including phenoxy) is 3. The topological polar surface area (TPSA) is 103 Å². The van der Waals surface area contributed by atoms with Crippen molar-refractivity contribution in [3.63, 3.8) is 0 Å². The molecule has 0 radical (unpaired) electrons. The Hall–Kier alpha value is -3.76. The van der Waals surface area contributed by atoms with Gasteiger partial charge in [-0.1, -0.05) is 30.3 Å². The number of rotatable bonds is 9. The van der Waals surface area contributed by atoms with Crippen molar-refractivity contribution in [1.82, 2.24) is 0 Å². The molecule has 3 rings (SSSR count). The Morgan fingerprint density at radius 2 is 1.33 bits per heavy atom. The van der Waals surface area contributed by atoms with Crippen LogP contribution in [0.1, 0.15) is 51.8 Å². The van der Waals surface area contributed by atoms with Crippen LogP contribution >= 0.6 is 23.6 Å². The predicted octanol–water partition coefficient (Wildman–Crippen LogP) is 5.75. The largest absolute Gasteiger partial charge is 0.462 e. The molecule has 0 aliphatic heterocycles. The second-order valence-corrected chi connectivity index (χ2v) is 8.72. The van der Waals surface area contributed by atoms with Crippen LogP contribution in [0.15, 0.2) is 54.6 Å². The van der Waals surface area contributed by atoms with Crippen molar-refractivity contribution >= 4 is 57.3 Å². The summed E-state index contributed by atoms with van der Waals surface area (Å²) in [5.41, 5.74) is 2.00. The van der Waals surface area contributed by atoms with Crippen LogP contribution in [0.5, 0.6) is 0 Å². The molecule has 0 aliphatic carbocycles. The molecule has 0 unspecified atom stereocenters. The number of carbonyl (C=O) groups excluding carboxylic acids is 3. The molecular formula is C26H26N2O6S2. The summed E-state index contributed by atoms with van der Waals surface area (Å²) in [6.07, 6.45) is 0. The van der Waals surface area contributed by atoms with E-state index in [0.29, 0.717) is 16.3 Å². The Morgan fingerprint density at radius 1 is 0.778 bits per heavy atom. The van der Waals surface area contributed by atoms with Gasteiger partial charge in [-0.15, -0.1) is 11.3 Å². The normalized spacial score (nSPS) is 10.3. The van der Waals surface area contributed by atoms with E-state index in [9.17, 15) is 14.4 Å². The molecule has 36 heavy (non-hydrogen) atoms. The van der Waals surface area contributed by atoms with Crippen molar-refractivity contribution in [2.75, 3.05) is 30.5 Å². The highest BCUT2D eigenvalue weighted by atomic mass is 32.1. The van der Waals surface area contributed by atoms with E-state index in [-0.39, 0.29) is 36.1 Å². The summed E-state index contributed by atoms with van der Waals surface area (Å²) >= 11 is 6.82. The van der Waals surface area contributed by atoms with Crippen molar-refractivity contribution in [2.45, 2.75) is 20.8 Å². The van der Waals surface area contributed by atoms with Gasteiger partial charge in [0.15, 0.2) is 5.11 Å². The van der Waals surface area contributed by atoms with Crippen LogP contribution in [0.3, 0.4) is 0 Å². The van der Waals surface area contributed by atoms with E-state index in [1.807, 2.05) is 30.3 Å². The molecule has 0 saturated carbocycles. The molecule has 2 aromatic carbocycles. The zero-order chi connectivity index (χ0) is 26.1. The first kappa shape index (κ1) is 26.8. The Kier molecular flexibility index (Phi) is 9.54. The van der Waals surface area contributed by atoms with Crippen LogP contribution in [-0.4, -0.2) is 42.8 Å². The van der Waals surface area contributed by atoms with Gasteiger partial charge in [0.1, 0.15) is 5.00 Å². The lowest BCUT2D eigenvalue weighted by atomic mass is 10.1. The third kappa shape index (κ3) is 6.89. The third-order valence-corrected chi connectivity index (χ3v) is 6.03. The molecule has 10 heteroatoms. The fourth-order valence-electron chi connectivity index (χ4n) is 3.22. The number of anilines is 2. The first-order valence-electron chi connectivity index (χ1n) is 11.3. The number of thiocarbonyl (C=S) groups is 1. The monoisotopic (exact) mass is 526 g/mol. The average Bonchev–Trinajstić information content (AvgIpc) is 3.28. The van der Waals surface area contributed by atoms with E-state index in [2.05, 4.69) is 10.6 Å². The number of hydrogen-bond donors (Lipinski definition) is 2. The quantitative estimate of drug-likeness (QED) is 0.205. The maximum absolute atomic E-state index is 12.6. The minimum absolute atomic E-state index is 0.151. The highest BCUT2D eigenvalue weighted by Gasteiger charge is 2.20. The summed E-state index contributed by atoms with van der Waals surface area (Å²) in [5.74, 6) is -1.64. The molecule has 2 N–H and O–H groups in total. The van der Waals surface area contributed by atoms with Gasteiger partial charge in [-0.05, 0) is 62.8 Å². The minimum Gasteiger partial charge on any atom is -0.462 e. The highest BCUT2D eigenvalue weighted by Crippen LogP contribution is 2.36. The Balaban J connectivity index is 1.89. The average molecular weight is 527 g/mol. The fraction of sp³-hybridized carbons (Fsp3) is 0.231. The Morgan fingerprint density at radius 3 is 1.89 bits per heavy atom. The van der Waals surface area contributed by atoms with Gasteiger partial charge < -0.3 is 24.8 Å². The molecule has 0 spiro atoms. The third-order valence-electron chi connectivity index (χ3n) is 4.73. The van der Waals surface area contributed by atoms with Crippen LogP contribution in [0, 0.1) is 0 Å². The van der Waals surface area contributed by atoms with Gasteiger partial charge in [0.05, 0.1) is 36.5 Å². The van der Waals surface area contributed by atoms with Gasteiger partial charge in [-0.2, -0.15) is 0 Å². The van der Waals surface area contributed by atoms with E-state index in [1.165, 1.54) is 29.5 Å². The van der Waals surface area contributed by atoms with Crippen LogP contribution in [0.25, 0.3) is 10.4 Å². The SMILES string of the molecule is CCOC(=O)c1cc(NC(=S)Nc2sc(-c3ccccc3)cc2C(=O)OCC)cc(C(=O)OCC)c1. The van der Waals surface area contributed by atoms with Gasteiger partial charge in [0.2, 0.25) is 0 Å².